The zero-order valence-electron chi connectivity index (χ0n) is 10.3. The highest BCUT2D eigenvalue weighted by molar-refractivity contribution is 7.10. The molecule has 1 atom stereocenters. The van der Waals surface area contributed by atoms with Crippen molar-refractivity contribution in [2.75, 3.05) is 4.90 Å². The van der Waals surface area contributed by atoms with Crippen LogP contribution in [-0.4, -0.2) is 11.9 Å². The third kappa shape index (κ3) is 2.02. The van der Waals surface area contributed by atoms with Gasteiger partial charge in [0.1, 0.15) is 6.04 Å². The average Bonchev–Trinajstić information content (AvgIpc) is 3.00. The molecule has 96 valence electrons. The number of amides is 3. The zero-order valence-corrected chi connectivity index (χ0v) is 11.1. The lowest BCUT2D eigenvalue weighted by Gasteiger charge is -2.12. The summed E-state index contributed by atoms with van der Waals surface area (Å²) in [5, 5.41) is 4.61. The lowest BCUT2D eigenvalue weighted by molar-refractivity contribution is -0.118. The Balaban J connectivity index is 1.93. The van der Waals surface area contributed by atoms with Gasteiger partial charge in [-0.3, -0.25) is 4.79 Å². The lowest BCUT2D eigenvalue weighted by Crippen LogP contribution is -2.30. The first-order chi connectivity index (χ1) is 9.16. The SMILES string of the molecule is Cc1ccc(N2C(=O)NC(c3cccs3)C2=O)cc1. The molecule has 2 heterocycles. The molecule has 4 nitrogen and oxygen atoms in total. The number of anilines is 1. The van der Waals surface area contributed by atoms with Gasteiger partial charge >= 0.3 is 6.03 Å². The third-order valence-corrected chi connectivity index (χ3v) is 4.00. The predicted molar refractivity (Wildman–Crippen MR) is 74.3 cm³/mol. The van der Waals surface area contributed by atoms with Crippen LogP contribution in [-0.2, 0) is 4.79 Å². The Kier molecular flexibility index (Phi) is 2.83. The van der Waals surface area contributed by atoms with Gasteiger partial charge in [0, 0.05) is 4.88 Å². The van der Waals surface area contributed by atoms with E-state index in [1.807, 2.05) is 36.6 Å². The smallest absolute Gasteiger partial charge is 0.321 e. The van der Waals surface area contributed by atoms with E-state index in [9.17, 15) is 9.59 Å². The van der Waals surface area contributed by atoms with Gasteiger partial charge in [-0.15, -0.1) is 11.3 Å². The average molecular weight is 272 g/mol. The van der Waals surface area contributed by atoms with E-state index in [1.165, 1.54) is 16.2 Å². The third-order valence-electron chi connectivity index (χ3n) is 3.06. The predicted octanol–water partition coefficient (Wildman–Crippen LogP) is 2.85. The first kappa shape index (κ1) is 11.9. The van der Waals surface area contributed by atoms with Crippen molar-refractivity contribution in [3.8, 4) is 0 Å². The summed E-state index contributed by atoms with van der Waals surface area (Å²) >= 11 is 1.46. The Morgan fingerprint density at radius 1 is 1.16 bits per heavy atom. The van der Waals surface area contributed by atoms with Gasteiger partial charge in [0.15, 0.2) is 0 Å². The summed E-state index contributed by atoms with van der Waals surface area (Å²) in [6, 6.07) is 10.1. The number of nitrogens with one attached hydrogen (secondary N) is 1. The van der Waals surface area contributed by atoms with Crippen molar-refractivity contribution in [1.29, 1.82) is 0 Å². The van der Waals surface area contributed by atoms with Gasteiger partial charge < -0.3 is 5.32 Å². The standard InChI is InChI=1S/C14H12N2O2S/c1-9-4-6-10(7-5-9)16-13(17)12(15-14(16)18)11-3-2-8-19-11/h2-8,12H,1H3,(H,15,18). The molecular weight excluding hydrogens is 260 g/mol. The molecule has 1 N–H and O–H groups in total. The van der Waals surface area contributed by atoms with Crippen LogP contribution in [0.25, 0.3) is 0 Å². The Bertz CT molecular complexity index is 619. The van der Waals surface area contributed by atoms with Gasteiger partial charge in [0.25, 0.3) is 5.91 Å². The Labute approximate surface area is 114 Å². The van der Waals surface area contributed by atoms with Crippen LogP contribution in [0.5, 0.6) is 0 Å². The van der Waals surface area contributed by atoms with Crippen LogP contribution >= 0.6 is 11.3 Å². The number of urea groups is 1. The Morgan fingerprint density at radius 3 is 2.53 bits per heavy atom. The number of carbonyl (C=O) groups excluding carboxylic acids is 2. The molecule has 2 aromatic rings. The molecule has 0 bridgehead atoms. The van der Waals surface area contributed by atoms with Crippen LogP contribution in [0, 0.1) is 6.92 Å². The fraction of sp³-hybridized carbons (Fsp3) is 0.143. The quantitative estimate of drug-likeness (QED) is 0.855. The number of carbonyl (C=O) groups is 2. The highest BCUT2D eigenvalue weighted by Crippen LogP contribution is 2.29. The second kappa shape index (κ2) is 4.51. The minimum atomic E-state index is -0.561. The van der Waals surface area contributed by atoms with E-state index in [-0.39, 0.29) is 11.9 Å². The molecule has 0 saturated carbocycles. The van der Waals surface area contributed by atoms with Crippen molar-refractivity contribution in [1.82, 2.24) is 5.32 Å². The summed E-state index contributed by atoms with van der Waals surface area (Å²) in [4.78, 5) is 26.4. The van der Waals surface area contributed by atoms with Crippen molar-refractivity contribution in [2.45, 2.75) is 13.0 Å². The number of imide groups is 1. The number of hydrogen-bond donors (Lipinski definition) is 1. The van der Waals surface area contributed by atoms with Crippen LogP contribution < -0.4 is 10.2 Å². The van der Waals surface area contributed by atoms with Gasteiger partial charge in [0.2, 0.25) is 0 Å². The molecular formula is C14H12N2O2S. The van der Waals surface area contributed by atoms with E-state index in [1.54, 1.807) is 12.1 Å². The summed E-state index contributed by atoms with van der Waals surface area (Å²) in [5.74, 6) is -0.226. The maximum Gasteiger partial charge on any atom is 0.329 e. The van der Waals surface area contributed by atoms with Crippen LogP contribution in [0.2, 0.25) is 0 Å². The first-order valence-electron chi connectivity index (χ1n) is 5.91. The highest BCUT2D eigenvalue weighted by atomic mass is 32.1. The highest BCUT2D eigenvalue weighted by Gasteiger charge is 2.40. The van der Waals surface area contributed by atoms with E-state index >= 15 is 0 Å². The minimum absolute atomic E-state index is 0.226. The second-order valence-electron chi connectivity index (χ2n) is 4.41. The minimum Gasteiger partial charge on any atom is -0.321 e. The molecule has 19 heavy (non-hydrogen) atoms. The van der Waals surface area contributed by atoms with Gasteiger partial charge in [-0.2, -0.15) is 0 Å². The number of rotatable bonds is 2. The fourth-order valence-electron chi connectivity index (χ4n) is 2.07. The van der Waals surface area contributed by atoms with Gasteiger partial charge in [-0.1, -0.05) is 23.8 Å². The lowest BCUT2D eigenvalue weighted by atomic mass is 10.2. The number of aryl methyl sites for hydroxylation is 1. The second-order valence-corrected chi connectivity index (χ2v) is 5.39. The van der Waals surface area contributed by atoms with Crippen LogP contribution in [0.15, 0.2) is 41.8 Å². The number of hydrogen-bond acceptors (Lipinski definition) is 3. The largest absolute Gasteiger partial charge is 0.329 e. The van der Waals surface area contributed by atoms with E-state index in [2.05, 4.69) is 5.32 Å². The van der Waals surface area contributed by atoms with Crippen molar-refractivity contribution in [3.63, 3.8) is 0 Å². The summed E-state index contributed by atoms with van der Waals surface area (Å²) in [6.45, 7) is 1.96. The first-order valence-corrected chi connectivity index (χ1v) is 6.79. The van der Waals surface area contributed by atoms with E-state index in [0.29, 0.717) is 5.69 Å². The van der Waals surface area contributed by atoms with E-state index in [0.717, 1.165) is 10.4 Å². The number of thiophene rings is 1. The molecule has 1 aromatic heterocycles. The topological polar surface area (TPSA) is 49.4 Å². The molecule has 5 heteroatoms. The van der Waals surface area contributed by atoms with Crippen molar-refractivity contribution < 1.29 is 9.59 Å². The summed E-state index contributed by atoms with van der Waals surface area (Å²) in [5.41, 5.74) is 1.69. The van der Waals surface area contributed by atoms with Crippen LogP contribution in [0.3, 0.4) is 0 Å². The molecule has 0 spiro atoms. The molecule has 1 aromatic carbocycles. The molecule has 1 aliphatic heterocycles. The molecule has 3 amide bonds. The monoisotopic (exact) mass is 272 g/mol. The molecule has 3 rings (SSSR count). The molecule has 1 saturated heterocycles. The van der Waals surface area contributed by atoms with Crippen molar-refractivity contribution in [3.05, 3.63) is 52.2 Å². The molecule has 0 aliphatic carbocycles. The van der Waals surface area contributed by atoms with Crippen LogP contribution in [0.4, 0.5) is 10.5 Å². The van der Waals surface area contributed by atoms with Gasteiger partial charge in [-0.05, 0) is 30.5 Å². The van der Waals surface area contributed by atoms with Crippen molar-refractivity contribution >= 4 is 29.0 Å². The van der Waals surface area contributed by atoms with Gasteiger partial charge in [0.05, 0.1) is 5.69 Å². The van der Waals surface area contributed by atoms with E-state index < -0.39 is 6.04 Å². The summed E-state index contributed by atoms with van der Waals surface area (Å²) in [7, 11) is 0. The number of nitrogens with zero attached hydrogens (tertiary/aromatic N) is 1. The fourth-order valence-corrected chi connectivity index (χ4v) is 2.83. The molecule has 0 radical (unpaired) electrons. The normalized spacial score (nSPS) is 18.8. The van der Waals surface area contributed by atoms with E-state index in [4.69, 9.17) is 0 Å². The van der Waals surface area contributed by atoms with Gasteiger partial charge in [-0.25, -0.2) is 9.69 Å². The van der Waals surface area contributed by atoms with Crippen LogP contribution in [0.1, 0.15) is 16.5 Å². The summed E-state index contributed by atoms with van der Waals surface area (Å²) < 4.78 is 0. The Hall–Kier alpha value is -2.14. The Morgan fingerprint density at radius 2 is 1.89 bits per heavy atom. The maximum atomic E-state index is 12.3. The van der Waals surface area contributed by atoms with Crippen molar-refractivity contribution in [2.24, 2.45) is 0 Å². The maximum absolute atomic E-state index is 12.3. The summed E-state index contributed by atoms with van der Waals surface area (Å²) in [6.07, 6.45) is 0. The zero-order chi connectivity index (χ0) is 13.4. The number of benzene rings is 1. The molecule has 1 fully saturated rings. The molecule has 1 aliphatic rings. The molecule has 1 unspecified atom stereocenters.